The summed E-state index contributed by atoms with van der Waals surface area (Å²) in [5.41, 5.74) is 15.9. The lowest BCUT2D eigenvalue weighted by Crippen LogP contribution is -2.41. The van der Waals surface area contributed by atoms with E-state index in [9.17, 15) is 4.79 Å². The number of aliphatic imine (C=N–C) groups is 1. The van der Waals surface area contributed by atoms with Crippen LogP contribution in [0, 0.1) is 0 Å². The van der Waals surface area contributed by atoms with E-state index in [0.29, 0.717) is 48.4 Å². The standard InChI is InChI=1S/C30H37N5O3/c1-34(2)24-14-16-35(17-15-24)25-10-8-23(9-11-25)30(36)33-29(32)27-13-12-26(20-28(27)31)38-19-18-37-21-22-6-4-3-5-7-22/h3-13,20,24H,14-19,21,31H2,1-2H3,(H2,32,33,36). The molecular formula is C30H37N5O3. The molecule has 0 saturated carbocycles. The van der Waals surface area contributed by atoms with Gasteiger partial charge in [-0.3, -0.25) is 4.79 Å². The van der Waals surface area contributed by atoms with Crippen LogP contribution in [0.5, 0.6) is 5.75 Å². The van der Waals surface area contributed by atoms with Crippen molar-refractivity contribution in [3.05, 3.63) is 89.5 Å². The molecule has 1 fully saturated rings. The fourth-order valence-corrected chi connectivity index (χ4v) is 4.54. The van der Waals surface area contributed by atoms with Crippen LogP contribution in [-0.2, 0) is 11.3 Å². The number of hydrogen-bond donors (Lipinski definition) is 2. The molecule has 1 aliphatic heterocycles. The van der Waals surface area contributed by atoms with Gasteiger partial charge in [0.15, 0.2) is 0 Å². The van der Waals surface area contributed by atoms with E-state index in [4.69, 9.17) is 20.9 Å². The fraction of sp³-hybridized carbons (Fsp3) is 0.333. The highest BCUT2D eigenvalue weighted by Crippen LogP contribution is 2.23. The van der Waals surface area contributed by atoms with Crippen molar-refractivity contribution in [1.82, 2.24) is 4.90 Å². The first kappa shape index (κ1) is 27.2. The van der Waals surface area contributed by atoms with Gasteiger partial charge in [0.05, 0.1) is 13.2 Å². The number of nitrogens with two attached hydrogens (primary N) is 2. The molecule has 3 aromatic rings. The third kappa shape index (κ3) is 7.34. The van der Waals surface area contributed by atoms with Gasteiger partial charge in [-0.05, 0) is 68.9 Å². The summed E-state index contributed by atoms with van der Waals surface area (Å²) in [5, 5.41) is 0. The molecule has 1 saturated heterocycles. The molecule has 0 aromatic heterocycles. The van der Waals surface area contributed by atoms with E-state index in [1.165, 1.54) is 0 Å². The fourth-order valence-electron chi connectivity index (χ4n) is 4.54. The third-order valence-electron chi connectivity index (χ3n) is 6.80. The first-order chi connectivity index (χ1) is 18.4. The Labute approximate surface area is 224 Å². The zero-order valence-corrected chi connectivity index (χ0v) is 22.2. The first-order valence-corrected chi connectivity index (χ1v) is 12.9. The maximum Gasteiger partial charge on any atom is 0.278 e. The van der Waals surface area contributed by atoms with Gasteiger partial charge in [0.2, 0.25) is 0 Å². The molecule has 0 bridgehead atoms. The van der Waals surface area contributed by atoms with Gasteiger partial charge in [-0.25, -0.2) is 0 Å². The second-order valence-electron chi connectivity index (χ2n) is 9.67. The van der Waals surface area contributed by atoms with Gasteiger partial charge in [0.25, 0.3) is 5.91 Å². The van der Waals surface area contributed by atoms with Gasteiger partial charge in [0.1, 0.15) is 18.2 Å². The van der Waals surface area contributed by atoms with Crippen molar-refractivity contribution in [3.63, 3.8) is 0 Å². The van der Waals surface area contributed by atoms with Crippen molar-refractivity contribution in [2.75, 3.05) is 51.0 Å². The number of hydrogen-bond acceptors (Lipinski definition) is 6. The summed E-state index contributed by atoms with van der Waals surface area (Å²) in [7, 11) is 4.26. The second kappa shape index (κ2) is 13.1. The Morgan fingerprint density at radius 3 is 2.37 bits per heavy atom. The van der Waals surface area contributed by atoms with Gasteiger partial charge in [-0.1, -0.05) is 30.3 Å². The van der Waals surface area contributed by atoms with Crippen LogP contribution < -0.4 is 21.1 Å². The van der Waals surface area contributed by atoms with Crippen molar-refractivity contribution in [2.24, 2.45) is 10.7 Å². The minimum atomic E-state index is -0.407. The quantitative estimate of drug-likeness (QED) is 0.182. The molecular weight excluding hydrogens is 478 g/mol. The average Bonchev–Trinajstić information content (AvgIpc) is 2.93. The zero-order chi connectivity index (χ0) is 26.9. The number of rotatable bonds is 10. The molecule has 1 heterocycles. The van der Waals surface area contributed by atoms with E-state index in [2.05, 4.69) is 28.9 Å². The Morgan fingerprint density at radius 1 is 1.00 bits per heavy atom. The van der Waals surface area contributed by atoms with Crippen LogP contribution in [0.4, 0.5) is 11.4 Å². The Morgan fingerprint density at radius 2 is 1.71 bits per heavy atom. The second-order valence-corrected chi connectivity index (χ2v) is 9.67. The number of benzene rings is 3. The first-order valence-electron chi connectivity index (χ1n) is 12.9. The maximum atomic E-state index is 12.8. The topological polar surface area (TPSA) is 106 Å². The molecule has 38 heavy (non-hydrogen) atoms. The number of anilines is 2. The molecule has 1 aliphatic rings. The highest BCUT2D eigenvalue weighted by molar-refractivity contribution is 6.11. The van der Waals surface area contributed by atoms with E-state index in [1.807, 2.05) is 42.5 Å². The van der Waals surface area contributed by atoms with Crippen molar-refractivity contribution < 1.29 is 14.3 Å². The summed E-state index contributed by atoms with van der Waals surface area (Å²) in [6.07, 6.45) is 2.25. The number of nitrogens with zero attached hydrogens (tertiary/aromatic N) is 3. The number of piperidine rings is 1. The number of amides is 1. The lowest BCUT2D eigenvalue weighted by atomic mass is 10.0. The molecule has 0 atom stereocenters. The van der Waals surface area contributed by atoms with Crippen LogP contribution in [0.15, 0.2) is 77.8 Å². The number of amidine groups is 1. The van der Waals surface area contributed by atoms with Crippen molar-refractivity contribution in [2.45, 2.75) is 25.5 Å². The van der Waals surface area contributed by atoms with Gasteiger partial charge in [-0.2, -0.15) is 4.99 Å². The summed E-state index contributed by atoms with van der Waals surface area (Å²) in [6, 6.07) is 23.3. The van der Waals surface area contributed by atoms with Crippen molar-refractivity contribution in [3.8, 4) is 5.75 Å². The molecule has 0 radical (unpaired) electrons. The van der Waals surface area contributed by atoms with Gasteiger partial charge >= 0.3 is 0 Å². The molecule has 1 amide bonds. The van der Waals surface area contributed by atoms with E-state index in [0.717, 1.165) is 37.2 Å². The van der Waals surface area contributed by atoms with E-state index in [1.54, 1.807) is 30.3 Å². The van der Waals surface area contributed by atoms with E-state index < -0.39 is 5.91 Å². The largest absolute Gasteiger partial charge is 0.491 e. The van der Waals surface area contributed by atoms with Gasteiger partial charge in [0, 0.05) is 47.7 Å². The van der Waals surface area contributed by atoms with E-state index >= 15 is 0 Å². The smallest absolute Gasteiger partial charge is 0.278 e. The van der Waals surface area contributed by atoms with Crippen LogP contribution in [-0.4, -0.2) is 63.1 Å². The predicted octanol–water partition coefficient (Wildman–Crippen LogP) is 3.94. The summed E-state index contributed by atoms with van der Waals surface area (Å²) < 4.78 is 11.4. The lowest BCUT2D eigenvalue weighted by molar-refractivity contribution is 0.0889. The number of carbonyl (C=O) groups is 1. The summed E-state index contributed by atoms with van der Waals surface area (Å²) in [4.78, 5) is 21.5. The highest BCUT2D eigenvalue weighted by Gasteiger charge is 2.21. The number of nitrogen functional groups attached to an aromatic ring is 1. The third-order valence-corrected chi connectivity index (χ3v) is 6.80. The van der Waals surface area contributed by atoms with Crippen LogP contribution in [0.1, 0.15) is 34.3 Å². The predicted molar refractivity (Wildman–Crippen MR) is 153 cm³/mol. The molecule has 3 aromatic carbocycles. The molecule has 0 spiro atoms. The minimum absolute atomic E-state index is 0.0695. The summed E-state index contributed by atoms with van der Waals surface area (Å²) in [6.45, 7) is 3.37. The maximum absolute atomic E-state index is 12.8. The Hall–Kier alpha value is -3.88. The monoisotopic (exact) mass is 515 g/mol. The molecule has 4 N–H and O–H groups in total. The highest BCUT2D eigenvalue weighted by atomic mass is 16.5. The minimum Gasteiger partial charge on any atom is -0.491 e. The SMILES string of the molecule is CN(C)C1CCN(c2ccc(C(=O)N=C(N)c3ccc(OCCOCc4ccccc4)cc3N)cc2)CC1. The Bertz CT molecular complexity index is 1220. The molecule has 200 valence electrons. The lowest BCUT2D eigenvalue weighted by Gasteiger charge is -2.36. The zero-order valence-electron chi connectivity index (χ0n) is 22.2. The molecule has 0 aliphatic carbocycles. The Kier molecular flexibility index (Phi) is 9.35. The molecule has 4 rings (SSSR count). The number of ether oxygens (including phenoxy) is 2. The summed E-state index contributed by atoms with van der Waals surface area (Å²) >= 11 is 0. The van der Waals surface area contributed by atoms with Gasteiger partial charge < -0.3 is 30.7 Å². The van der Waals surface area contributed by atoms with Crippen LogP contribution in [0.2, 0.25) is 0 Å². The average molecular weight is 516 g/mol. The Balaban J connectivity index is 1.28. The molecule has 8 heteroatoms. The normalized spacial score (nSPS) is 14.6. The van der Waals surface area contributed by atoms with E-state index in [-0.39, 0.29) is 5.84 Å². The number of carbonyl (C=O) groups excluding carboxylic acids is 1. The van der Waals surface area contributed by atoms with Crippen LogP contribution >= 0.6 is 0 Å². The van der Waals surface area contributed by atoms with Crippen molar-refractivity contribution in [1.29, 1.82) is 0 Å². The van der Waals surface area contributed by atoms with Crippen molar-refractivity contribution >= 4 is 23.1 Å². The van der Waals surface area contributed by atoms with Gasteiger partial charge in [-0.15, -0.1) is 0 Å². The van der Waals surface area contributed by atoms with Crippen LogP contribution in [0.3, 0.4) is 0 Å². The summed E-state index contributed by atoms with van der Waals surface area (Å²) in [5.74, 6) is 0.259. The molecule has 0 unspecified atom stereocenters. The molecule has 8 nitrogen and oxygen atoms in total. The van der Waals surface area contributed by atoms with Crippen LogP contribution in [0.25, 0.3) is 0 Å².